The molecule has 1 heterocycles. The molecule has 0 spiro atoms. The molecule has 0 saturated carbocycles. The summed E-state index contributed by atoms with van der Waals surface area (Å²) in [6, 6.07) is 22.0. The summed E-state index contributed by atoms with van der Waals surface area (Å²) in [5.41, 5.74) is 1.19. The van der Waals surface area contributed by atoms with Gasteiger partial charge in [-0.3, -0.25) is 9.36 Å². The second-order valence-electron chi connectivity index (χ2n) is 6.37. The second kappa shape index (κ2) is 9.24. The number of hydrogen-bond acceptors (Lipinski definition) is 5. The van der Waals surface area contributed by atoms with Crippen molar-refractivity contribution >= 4 is 34.3 Å². The van der Waals surface area contributed by atoms with E-state index in [9.17, 15) is 4.79 Å². The van der Waals surface area contributed by atoms with E-state index in [0.717, 1.165) is 5.75 Å². The lowest BCUT2D eigenvalue weighted by molar-refractivity contribution is 0.344. The lowest BCUT2D eigenvalue weighted by Crippen LogP contribution is -2.22. The molecule has 0 aliphatic carbocycles. The van der Waals surface area contributed by atoms with E-state index < -0.39 is 0 Å². The van der Waals surface area contributed by atoms with Gasteiger partial charge < -0.3 is 9.47 Å². The van der Waals surface area contributed by atoms with Crippen molar-refractivity contribution in [2.45, 2.75) is 5.16 Å². The van der Waals surface area contributed by atoms with Crippen LogP contribution in [0.3, 0.4) is 0 Å². The Morgan fingerprint density at radius 2 is 1.73 bits per heavy atom. The molecule has 1 aromatic heterocycles. The molecule has 0 bridgehead atoms. The maximum absolute atomic E-state index is 13.3. The Morgan fingerprint density at radius 3 is 2.53 bits per heavy atom. The summed E-state index contributed by atoms with van der Waals surface area (Å²) < 4.78 is 12.9. The Labute approximate surface area is 183 Å². The summed E-state index contributed by atoms with van der Waals surface area (Å²) in [5, 5.41) is 1.81. The van der Waals surface area contributed by atoms with Crippen LogP contribution < -0.4 is 15.0 Å². The predicted molar refractivity (Wildman–Crippen MR) is 122 cm³/mol. The number of aromatic nitrogens is 2. The highest BCUT2D eigenvalue weighted by Gasteiger charge is 2.16. The smallest absolute Gasteiger partial charge is 0.266 e. The minimum Gasteiger partial charge on any atom is -0.495 e. The largest absolute Gasteiger partial charge is 0.495 e. The zero-order valence-electron chi connectivity index (χ0n) is 16.2. The van der Waals surface area contributed by atoms with Crippen LogP contribution in [0, 0.1) is 0 Å². The van der Waals surface area contributed by atoms with Gasteiger partial charge in [0.2, 0.25) is 0 Å². The maximum Gasteiger partial charge on any atom is 0.266 e. The highest BCUT2D eigenvalue weighted by molar-refractivity contribution is 7.99. The van der Waals surface area contributed by atoms with E-state index in [1.54, 1.807) is 29.9 Å². The van der Waals surface area contributed by atoms with Crippen molar-refractivity contribution in [1.29, 1.82) is 0 Å². The lowest BCUT2D eigenvalue weighted by atomic mass is 10.2. The third kappa shape index (κ3) is 4.30. The maximum atomic E-state index is 13.3. The van der Waals surface area contributed by atoms with E-state index in [0.29, 0.717) is 44.9 Å². The van der Waals surface area contributed by atoms with Crippen LogP contribution in [0.2, 0.25) is 5.02 Å². The number of para-hydroxylation sites is 3. The fourth-order valence-electron chi connectivity index (χ4n) is 3.06. The first kappa shape index (κ1) is 20.3. The van der Waals surface area contributed by atoms with Gasteiger partial charge in [0.15, 0.2) is 5.16 Å². The molecule has 0 aliphatic rings. The fourth-order valence-corrected chi connectivity index (χ4v) is 4.01. The van der Waals surface area contributed by atoms with Crippen LogP contribution in [0.1, 0.15) is 0 Å². The van der Waals surface area contributed by atoms with Gasteiger partial charge in [0.1, 0.15) is 11.5 Å². The third-order valence-electron chi connectivity index (χ3n) is 4.47. The first-order valence-electron chi connectivity index (χ1n) is 9.34. The standard InChI is InChI=1S/C23H19ClN2O3S/c1-28-21-9-5-4-8-20(21)26-22(27)18-6-2-3-7-19(18)25-23(26)30-15-14-29-17-12-10-16(24)11-13-17/h2-13H,14-15H2,1H3. The molecular formula is C23H19ClN2O3S. The molecule has 0 aliphatic heterocycles. The number of rotatable bonds is 7. The number of thioether (sulfide) groups is 1. The minimum absolute atomic E-state index is 0.133. The number of fused-ring (bicyclic) bond motifs is 1. The molecule has 3 aromatic carbocycles. The number of nitrogens with zero attached hydrogens (tertiary/aromatic N) is 2. The van der Waals surface area contributed by atoms with Crippen LogP contribution in [0.4, 0.5) is 0 Å². The molecule has 0 saturated heterocycles. The lowest BCUT2D eigenvalue weighted by Gasteiger charge is -2.15. The normalized spacial score (nSPS) is 10.9. The van der Waals surface area contributed by atoms with Gasteiger partial charge in [0.05, 0.1) is 30.3 Å². The number of hydrogen-bond donors (Lipinski definition) is 0. The van der Waals surface area contributed by atoms with Gasteiger partial charge in [-0.25, -0.2) is 4.98 Å². The molecule has 30 heavy (non-hydrogen) atoms. The van der Waals surface area contributed by atoms with Crippen LogP contribution in [-0.2, 0) is 0 Å². The summed E-state index contributed by atoms with van der Waals surface area (Å²) >= 11 is 7.36. The molecule has 0 fully saturated rings. The summed E-state index contributed by atoms with van der Waals surface area (Å²) in [5.74, 6) is 1.97. The van der Waals surface area contributed by atoms with Crippen LogP contribution in [0.25, 0.3) is 16.6 Å². The molecule has 152 valence electrons. The Kier molecular flexibility index (Phi) is 6.26. The van der Waals surface area contributed by atoms with Crippen molar-refractivity contribution in [3.63, 3.8) is 0 Å². The highest BCUT2D eigenvalue weighted by Crippen LogP contribution is 2.27. The molecule has 0 atom stereocenters. The fraction of sp³-hybridized carbons (Fsp3) is 0.130. The molecule has 7 heteroatoms. The van der Waals surface area contributed by atoms with E-state index in [1.807, 2.05) is 54.6 Å². The van der Waals surface area contributed by atoms with Crippen molar-refractivity contribution in [2.75, 3.05) is 19.5 Å². The minimum atomic E-state index is -0.133. The van der Waals surface area contributed by atoms with Crippen LogP contribution >= 0.6 is 23.4 Å². The zero-order valence-corrected chi connectivity index (χ0v) is 17.8. The molecule has 5 nitrogen and oxygen atoms in total. The average molecular weight is 439 g/mol. The molecule has 0 N–H and O–H groups in total. The van der Waals surface area contributed by atoms with Crippen molar-refractivity contribution in [3.8, 4) is 17.2 Å². The number of ether oxygens (including phenoxy) is 2. The molecule has 0 amide bonds. The zero-order chi connectivity index (χ0) is 20.9. The van der Waals surface area contributed by atoms with Crippen molar-refractivity contribution < 1.29 is 9.47 Å². The van der Waals surface area contributed by atoms with Gasteiger partial charge >= 0.3 is 0 Å². The number of methoxy groups -OCH3 is 1. The van der Waals surface area contributed by atoms with Crippen LogP contribution in [-0.4, -0.2) is 29.0 Å². The van der Waals surface area contributed by atoms with E-state index >= 15 is 0 Å². The SMILES string of the molecule is COc1ccccc1-n1c(SCCOc2ccc(Cl)cc2)nc2ccccc2c1=O. The van der Waals surface area contributed by atoms with Crippen molar-refractivity contribution in [3.05, 3.63) is 88.2 Å². The van der Waals surface area contributed by atoms with E-state index in [4.69, 9.17) is 26.1 Å². The summed E-state index contributed by atoms with van der Waals surface area (Å²) in [4.78, 5) is 18.1. The Hall–Kier alpha value is -2.96. The van der Waals surface area contributed by atoms with Gasteiger partial charge in [-0.15, -0.1) is 0 Å². The van der Waals surface area contributed by atoms with Crippen LogP contribution in [0.15, 0.2) is 82.7 Å². The Morgan fingerprint density at radius 1 is 1.00 bits per heavy atom. The molecule has 4 rings (SSSR count). The first-order chi connectivity index (χ1) is 14.7. The highest BCUT2D eigenvalue weighted by atomic mass is 35.5. The molecule has 0 unspecified atom stereocenters. The van der Waals surface area contributed by atoms with Gasteiger partial charge in [-0.2, -0.15) is 0 Å². The van der Waals surface area contributed by atoms with Crippen LogP contribution in [0.5, 0.6) is 11.5 Å². The molecule has 0 radical (unpaired) electrons. The van der Waals surface area contributed by atoms with Gasteiger partial charge in [0, 0.05) is 10.8 Å². The second-order valence-corrected chi connectivity index (χ2v) is 7.87. The Bertz CT molecular complexity index is 1230. The van der Waals surface area contributed by atoms with Gasteiger partial charge in [0.25, 0.3) is 5.56 Å². The summed E-state index contributed by atoms with van der Waals surface area (Å²) in [6.45, 7) is 0.459. The number of benzene rings is 3. The number of halogens is 1. The van der Waals surface area contributed by atoms with E-state index in [-0.39, 0.29) is 5.56 Å². The topological polar surface area (TPSA) is 53.4 Å². The monoisotopic (exact) mass is 438 g/mol. The first-order valence-corrected chi connectivity index (χ1v) is 10.7. The van der Waals surface area contributed by atoms with Gasteiger partial charge in [-0.1, -0.05) is 47.6 Å². The van der Waals surface area contributed by atoms with E-state index in [2.05, 4.69) is 0 Å². The molecular weight excluding hydrogens is 420 g/mol. The van der Waals surface area contributed by atoms with Crippen molar-refractivity contribution in [2.24, 2.45) is 0 Å². The summed E-state index contributed by atoms with van der Waals surface area (Å²) in [7, 11) is 1.59. The van der Waals surface area contributed by atoms with Gasteiger partial charge in [-0.05, 0) is 48.5 Å². The van der Waals surface area contributed by atoms with E-state index in [1.165, 1.54) is 11.8 Å². The summed E-state index contributed by atoms with van der Waals surface area (Å²) in [6.07, 6.45) is 0. The third-order valence-corrected chi connectivity index (χ3v) is 5.62. The average Bonchev–Trinajstić information content (AvgIpc) is 2.78. The Balaban J connectivity index is 1.65. The van der Waals surface area contributed by atoms with Crippen molar-refractivity contribution in [1.82, 2.24) is 9.55 Å². The molecule has 4 aromatic rings. The predicted octanol–water partition coefficient (Wildman–Crippen LogP) is 5.22. The quantitative estimate of drug-likeness (QED) is 0.225.